The summed E-state index contributed by atoms with van der Waals surface area (Å²) in [5, 5.41) is 13.2. The highest BCUT2D eigenvalue weighted by Crippen LogP contribution is 2.22. The van der Waals surface area contributed by atoms with Gasteiger partial charge in [-0.05, 0) is 17.9 Å². The average Bonchev–Trinajstić information content (AvgIpc) is 3.39. The number of aliphatic imine (C=N–C) groups is 1. The van der Waals surface area contributed by atoms with Crippen molar-refractivity contribution in [2.45, 2.75) is 13.0 Å². The Hall–Kier alpha value is -2.40. The van der Waals surface area contributed by atoms with Gasteiger partial charge in [0.05, 0.1) is 18.8 Å². The first kappa shape index (κ1) is 24.9. The third kappa shape index (κ3) is 7.66. The van der Waals surface area contributed by atoms with Gasteiger partial charge in [0.2, 0.25) is 5.91 Å². The molecule has 0 aliphatic carbocycles. The highest BCUT2D eigenvalue weighted by atomic mass is 127. The molecule has 0 saturated heterocycles. The van der Waals surface area contributed by atoms with Gasteiger partial charge in [-0.3, -0.25) is 9.48 Å². The van der Waals surface area contributed by atoms with E-state index in [1.54, 1.807) is 35.0 Å². The number of thiophene rings is 1. The Balaban J connectivity index is 0.00000341. The van der Waals surface area contributed by atoms with E-state index in [0.29, 0.717) is 12.5 Å². The Morgan fingerprint density at radius 3 is 2.61 bits per heavy atom. The van der Waals surface area contributed by atoms with E-state index in [9.17, 15) is 4.79 Å². The van der Waals surface area contributed by atoms with Gasteiger partial charge in [-0.1, -0.05) is 36.4 Å². The lowest BCUT2D eigenvalue weighted by Crippen LogP contribution is -2.43. The summed E-state index contributed by atoms with van der Waals surface area (Å²) in [6, 6.07) is 14.3. The molecule has 3 rings (SSSR count). The number of nitrogens with one attached hydrogen (secondary N) is 2. The molecular weight excluding hydrogens is 523 g/mol. The van der Waals surface area contributed by atoms with Crippen LogP contribution >= 0.6 is 35.3 Å². The minimum absolute atomic E-state index is 0. The molecule has 0 unspecified atom stereocenters. The van der Waals surface area contributed by atoms with Crippen molar-refractivity contribution in [2.24, 2.45) is 12.0 Å². The van der Waals surface area contributed by atoms with E-state index in [4.69, 9.17) is 4.99 Å². The predicted octanol–water partition coefficient (Wildman–Crippen LogP) is 3.13. The molecule has 0 aliphatic rings. The zero-order chi connectivity index (χ0) is 21.3. The zero-order valence-electron chi connectivity index (χ0n) is 18.0. The van der Waals surface area contributed by atoms with Gasteiger partial charge < -0.3 is 15.5 Å². The summed E-state index contributed by atoms with van der Waals surface area (Å²) < 4.78 is 1.81. The highest BCUT2D eigenvalue weighted by Gasteiger charge is 2.11. The summed E-state index contributed by atoms with van der Waals surface area (Å²) in [4.78, 5) is 19.6. The van der Waals surface area contributed by atoms with Crippen LogP contribution in [0.3, 0.4) is 0 Å². The normalized spacial score (nSPS) is 11.0. The van der Waals surface area contributed by atoms with Crippen LogP contribution in [0.5, 0.6) is 0 Å². The number of aryl methyl sites for hydroxylation is 1. The van der Waals surface area contributed by atoms with Gasteiger partial charge in [-0.15, -0.1) is 35.3 Å². The highest BCUT2D eigenvalue weighted by molar-refractivity contribution is 14.0. The van der Waals surface area contributed by atoms with Crippen molar-refractivity contribution in [3.63, 3.8) is 0 Å². The van der Waals surface area contributed by atoms with Gasteiger partial charge in [-0.25, -0.2) is 4.99 Å². The molecule has 0 spiro atoms. The summed E-state index contributed by atoms with van der Waals surface area (Å²) in [6.45, 7) is 1.39. The van der Waals surface area contributed by atoms with E-state index in [1.807, 2.05) is 43.6 Å². The molecule has 2 heterocycles. The molecule has 31 heavy (non-hydrogen) atoms. The number of hydrogen-bond acceptors (Lipinski definition) is 4. The first-order valence-electron chi connectivity index (χ1n) is 9.85. The van der Waals surface area contributed by atoms with Crippen LogP contribution in [0.1, 0.15) is 10.4 Å². The molecule has 0 radical (unpaired) electrons. The van der Waals surface area contributed by atoms with Crippen LogP contribution in [0.4, 0.5) is 0 Å². The van der Waals surface area contributed by atoms with E-state index in [1.165, 1.54) is 4.88 Å². The summed E-state index contributed by atoms with van der Waals surface area (Å²) in [7, 11) is 5.40. The number of amides is 1. The fraction of sp³-hybridized carbons (Fsp3) is 0.318. The third-order valence-electron chi connectivity index (χ3n) is 4.51. The van der Waals surface area contributed by atoms with Gasteiger partial charge in [0.1, 0.15) is 0 Å². The number of aromatic nitrogens is 2. The van der Waals surface area contributed by atoms with Crippen molar-refractivity contribution in [3.05, 3.63) is 64.5 Å². The number of carbonyl (C=O) groups is 1. The Bertz CT molecular complexity index is 969. The Labute approximate surface area is 204 Å². The number of halogens is 1. The maximum Gasteiger partial charge on any atom is 0.241 e. The topological polar surface area (TPSA) is 74.5 Å². The molecule has 7 nitrogen and oxygen atoms in total. The molecule has 2 aromatic heterocycles. The molecule has 1 amide bonds. The first-order chi connectivity index (χ1) is 14.5. The second-order valence-electron chi connectivity index (χ2n) is 7.11. The molecule has 166 valence electrons. The number of likely N-dealkylation sites (N-methyl/N-ethyl adjacent to an activating group) is 1. The minimum Gasteiger partial charge on any atom is -0.356 e. The minimum atomic E-state index is -0.00545. The monoisotopic (exact) mass is 552 g/mol. The molecular formula is C22H29IN6OS. The predicted molar refractivity (Wildman–Crippen MR) is 138 cm³/mol. The first-order valence-corrected chi connectivity index (χ1v) is 10.7. The number of nitrogens with zero attached hydrogens (tertiary/aromatic N) is 4. The van der Waals surface area contributed by atoms with Crippen LogP contribution < -0.4 is 10.6 Å². The van der Waals surface area contributed by atoms with Crippen LogP contribution in [0, 0.1) is 0 Å². The second-order valence-corrected chi connectivity index (χ2v) is 8.14. The summed E-state index contributed by atoms with van der Waals surface area (Å²) in [6.07, 6.45) is 2.89. The van der Waals surface area contributed by atoms with Crippen LogP contribution in [0.25, 0.3) is 11.3 Å². The molecule has 3 aromatic rings. The Morgan fingerprint density at radius 2 is 1.94 bits per heavy atom. The fourth-order valence-electron chi connectivity index (χ4n) is 2.91. The quantitative estimate of drug-likeness (QED) is 0.256. The summed E-state index contributed by atoms with van der Waals surface area (Å²) >= 11 is 1.74. The van der Waals surface area contributed by atoms with E-state index in [-0.39, 0.29) is 36.4 Å². The molecule has 1 aromatic carbocycles. The fourth-order valence-corrected chi connectivity index (χ4v) is 3.62. The second kappa shape index (κ2) is 12.5. The zero-order valence-corrected chi connectivity index (χ0v) is 21.2. The van der Waals surface area contributed by atoms with Gasteiger partial charge in [0.15, 0.2) is 5.96 Å². The molecule has 2 N–H and O–H groups in total. The van der Waals surface area contributed by atoms with Gasteiger partial charge in [0.25, 0.3) is 0 Å². The van der Waals surface area contributed by atoms with Crippen molar-refractivity contribution in [3.8, 4) is 11.3 Å². The molecule has 9 heteroatoms. The van der Waals surface area contributed by atoms with Gasteiger partial charge >= 0.3 is 0 Å². The standard InChI is InChI=1S/C22H28N6OS.HI/c1-27(2)20(29)15-25-22(23-12-11-19-10-7-13-30-19)24-14-18-16-28(3)26-21(18)17-8-5-4-6-9-17;/h4-10,13,16H,11-12,14-15H2,1-3H3,(H2,23,24,25);1H. The van der Waals surface area contributed by atoms with E-state index < -0.39 is 0 Å². The van der Waals surface area contributed by atoms with E-state index in [0.717, 1.165) is 29.8 Å². The summed E-state index contributed by atoms with van der Waals surface area (Å²) in [5.74, 6) is 0.610. The SMILES string of the molecule is CN(C)C(=O)CNC(=NCc1cn(C)nc1-c1ccccc1)NCCc1cccs1.I. The maximum atomic E-state index is 12.0. The Kier molecular flexibility index (Phi) is 9.99. The lowest BCUT2D eigenvalue weighted by atomic mass is 10.1. The van der Waals surface area contributed by atoms with Crippen molar-refractivity contribution in [1.82, 2.24) is 25.3 Å². The number of benzene rings is 1. The van der Waals surface area contributed by atoms with Crippen LogP contribution in [0.15, 0.2) is 59.0 Å². The molecule has 0 fully saturated rings. The summed E-state index contributed by atoms with van der Waals surface area (Å²) in [5.41, 5.74) is 3.01. The third-order valence-corrected chi connectivity index (χ3v) is 5.45. The van der Waals surface area contributed by atoms with Crippen molar-refractivity contribution in [2.75, 3.05) is 27.2 Å². The molecule has 0 saturated carbocycles. The van der Waals surface area contributed by atoms with E-state index >= 15 is 0 Å². The number of hydrogen-bond donors (Lipinski definition) is 2. The number of guanidine groups is 1. The Morgan fingerprint density at radius 1 is 1.16 bits per heavy atom. The van der Waals surface area contributed by atoms with Gasteiger partial charge in [0, 0.05) is 49.9 Å². The average molecular weight is 552 g/mol. The maximum absolute atomic E-state index is 12.0. The number of rotatable bonds is 8. The van der Waals surface area contributed by atoms with Crippen molar-refractivity contribution < 1.29 is 4.79 Å². The van der Waals surface area contributed by atoms with Gasteiger partial charge in [-0.2, -0.15) is 5.10 Å². The molecule has 0 aliphatic heterocycles. The van der Waals surface area contributed by atoms with Crippen molar-refractivity contribution >= 4 is 47.2 Å². The smallest absolute Gasteiger partial charge is 0.241 e. The van der Waals surface area contributed by atoms with Crippen molar-refractivity contribution in [1.29, 1.82) is 0 Å². The largest absolute Gasteiger partial charge is 0.356 e. The van der Waals surface area contributed by atoms with Crippen LogP contribution in [-0.4, -0.2) is 53.7 Å². The van der Waals surface area contributed by atoms with Crippen LogP contribution in [0.2, 0.25) is 0 Å². The van der Waals surface area contributed by atoms with Crippen LogP contribution in [-0.2, 0) is 24.8 Å². The molecule has 0 bridgehead atoms. The lowest BCUT2D eigenvalue weighted by molar-refractivity contribution is -0.127. The lowest BCUT2D eigenvalue weighted by Gasteiger charge is -2.15. The molecule has 0 atom stereocenters. The van der Waals surface area contributed by atoms with E-state index in [2.05, 4.69) is 33.2 Å². The number of carbonyl (C=O) groups excluding carboxylic acids is 1.